The van der Waals surface area contributed by atoms with Gasteiger partial charge in [-0.2, -0.15) is 0 Å². The molecule has 0 saturated carbocycles. The Bertz CT molecular complexity index is 550. The SMILES string of the molecule is CCOC(=O)[C@H]1CCCN(C(=O)c2ccc(F)cc2Br)C1. The highest BCUT2D eigenvalue weighted by atomic mass is 79.9. The van der Waals surface area contributed by atoms with Crippen molar-refractivity contribution in [1.82, 2.24) is 4.90 Å². The van der Waals surface area contributed by atoms with E-state index in [9.17, 15) is 14.0 Å². The first-order chi connectivity index (χ1) is 10.0. The molecule has 0 N–H and O–H groups in total. The molecule has 1 fully saturated rings. The number of likely N-dealkylation sites (tertiary alicyclic amines) is 1. The predicted octanol–water partition coefficient (Wildman–Crippen LogP) is 3.00. The predicted molar refractivity (Wildman–Crippen MR) is 79.4 cm³/mol. The zero-order valence-electron chi connectivity index (χ0n) is 11.8. The number of nitrogens with zero attached hydrogens (tertiary/aromatic N) is 1. The van der Waals surface area contributed by atoms with Gasteiger partial charge in [-0.3, -0.25) is 9.59 Å². The first-order valence-electron chi connectivity index (χ1n) is 6.94. The van der Waals surface area contributed by atoms with Crippen LogP contribution in [0.2, 0.25) is 0 Å². The molecule has 1 atom stereocenters. The molecule has 0 aromatic heterocycles. The van der Waals surface area contributed by atoms with E-state index in [4.69, 9.17) is 4.74 Å². The summed E-state index contributed by atoms with van der Waals surface area (Å²) >= 11 is 3.20. The Labute approximate surface area is 131 Å². The average molecular weight is 358 g/mol. The van der Waals surface area contributed by atoms with Crippen LogP contribution in [0.4, 0.5) is 4.39 Å². The van der Waals surface area contributed by atoms with Crippen LogP contribution in [0.3, 0.4) is 0 Å². The highest BCUT2D eigenvalue weighted by molar-refractivity contribution is 9.10. The Hall–Kier alpha value is -1.43. The fourth-order valence-electron chi connectivity index (χ4n) is 2.45. The molecule has 1 heterocycles. The zero-order valence-corrected chi connectivity index (χ0v) is 13.4. The molecule has 0 aliphatic carbocycles. The molecule has 21 heavy (non-hydrogen) atoms. The number of amides is 1. The molecule has 2 rings (SSSR count). The summed E-state index contributed by atoms with van der Waals surface area (Å²) < 4.78 is 18.5. The second-order valence-electron chi connectivity index (χ2n) is 4.97. The second-order valence-corrected chi connectivity index (χ2v) is 5.82. The van der Waals surface area contributed by atoms with Crippen molar-refractivity contribution in [2.45, 2.75) is 19.8 Å². The third-order valence-corrected chi connectivity index (χ3v) is 4.15. The van der Waals surface area contributed by atoms with E-state index in [1.165, 1.54) is 18.2 Å². The fourth-order valence-corrected chi connectivity index (χ4v) is 2.97. The number of ether oxygens (including phenoxy) is 1. The number of carbonyl (C=O) groups is 2. The van der Waals surface area contributed by atoms with Gasteiger partial charge in [0.1, 0.15) is 5.82 Å². The lowest BCUT2D eigenvalue weighted by Gasteiger charge is -2.31. The van der Waals surface area contributed by atoms with Crippen LogP contribution in [0.1, 0.15) is 30.1 Å². The van der Waals surface area contributed by atoms with Crippen molar-refractivity contribution in [3.05, 3.63) is 34.1 Å². The average Bonchev–Trinajstić information content (AvgIpc) is 2.47. The number of piperidine rings is 1. The Balaban J connectivity index is 2.10. The molecule has 0 unspecified atom stereocenters. The molecule has 1 saturated heterocycles. The lowest BCUT2D eigenvalue weighted by Crippen LogP contribution is -2.42. The third kappa shape index (κ3) is 3.81. The third-order valence-electron chi connectivity index (χ3n) is 3.49. The molecule has 0 radical (unpaired) electrons. The van der Waals surface area contributed by atoms with Crippen molar-refractivity contribution in [1.29, 1.82) is 0 Å². The highest BCUT2D eigenvalue weighted by Gasteiger charge is 2.30. The number of halogens is 2. The monoisotopic (exact) mass is 357 g/mol. The van der Waals surface area contributed by atoms with Gasteiger partial charge in [-0.05, 0) is 53.9 Å². The summed E-state index contributed by atoms with van der Waals surface area (Å²) in [7, 11) is 0. The van der Waals surface area contributed by atoms with Crippen molar-refractivity contribution in [2.24, 2.45) is 5.92 Å². The minimum Gasteiger partial charge on any atom is -0.466 e. The topological polar surface area (TPSA) is 46.6 Å². The quantitative estimate of drug-likeness (QED) is 0.781. The Kier molecular flexibility index (Phi) is 5.33. The van der Waals surface area contributed by atoms with E-state index < -0.39 is 5.82 Å². The van der Waals surface area contributed by atoms with Gasteiger partial charge in [0.05, 0.1) is 18.1 Å². The van der Waals surface area contributed by atoms with Crippen LogP contribution in [0.15, 0.2) is 22.7 Å². The van der Waals surface area contributed by atoms with E-state index in [2.05, 4.69) is 15.9 Å². The van der Waals surface area contributed by atoms with E-state index in [1.54, 1.807) is 11.8 Å². The Morgan fingerprint density at radius 1 is 1.48 bits per heavy atom. The summed E-state index contributed by atoms with van der Waals surface area (Å²) in [6, 6.07) is 3.97. The van der Waals surface area contributed by atoms with Gasteiger partial charge >= 0.3 is 5.97 Å². The van der Waals surface area contributed by atoms with Crippen LogP contribution >= 0.6 is 15.9 Å². The van der Waals surface area contributed by atoms with E-state index in [1.807, 2.05) is 0 Å². The van der Waals surface area contributed by atoms with Crippen molar-refractivity contribution in [3.8, 4) is 0 Å². The molecule has 114 valence electrons. The maximum Gasteiger partial charge on any atom is 0.310 e. The van der Waals surface area contributed by atoms with Gasteiger partial charge in [0, 0.05) is 17.6 Å². The molecule has 4 nitrogen and oxygen atoms in total. The lowest BCUT2D eigenvalue weighted by molar-refractivity contribution is -0.149. The summed E-state index contributed by atoms with van der Waals surface area (Å²) in [4.78, 5) is 25.9. The fraction of sp³-hybridized carbons (Fsp3) is 0.467. The molecule has 1 aromatic rings. The van der Waals surface area contributed by atoms with Gasteiger partial charge < -0.3 is 9.64 Å². The highest BCUT2D eigenvalue weighted by Crippen LogP contribution is 2.24. The molecular formula is C15H17BrFNO3. The summed E-state index contributed by atoms with van der Waals surface area (Å²) in [6.45, 7) is 3.05. The molecular weight excluding hydrogens is 341 g/mol. The summed E-state index contributed by atoms with van der Waals surface area (Å²) in [5.74, 6) is -1.13. The van der Waals surface area contributed by atoms with E-state index >= 15 is 0 Å². The standard InChI is InChI=1S/C15H17BrFNO3/c1-2-21-15(20)10-4-3-7-18(9-10)14(19)12-6-5-11(17)8-13(12)16/h5-6,8,10H,2-4,7,9H2,1H3/t10-/m0/s1. The molecule has 0 bridgehead atoms. The molecule has 1 aromatic carbocycles. The Morgan fingerprint density at radius 2 is 2.24 bits per heavy atom. The molecule has 1 amide bonds. The number of hydrogen-bond acceptors (Lipinski definition) is 3. The van der Waals surface area contributed by atoms with E-state index in [0.717, 1.165) is 12.8 Å². The Morgan fingerprint density at radius 3 is 2.90 bits per heavy atom. The molecule has 1 aliphatic heterocycles. The van der Waals surface area contributed by atoms with Crippen molar-refractivity contribution >= 4 is 27.8 Å². The van der Waals surface area contributed by atoms with Gasteiger partial charge in [-0.25, -0.2) is 4.39 Å². The molecule has 0 spiro atoms. The maximum atomic E-state index is 13.1. The minimum atomic E-state index is -0.401. The zero-order chi connectivity index (χ0) is 15.4. The van der Waals surface area contributed by atoms with Crippen molar-refractivity contribution in [2.75, 3.05) is 19.7 Å². The number of benzene rings is 1. The normalized spacial score (nSPS) is 18.4. The van der Waals surface area contributed by atoms with Gasteiger partial charge in [0.25, 0.3) is 5.91 Å². The summed E-state index contributed by atoms with van der Waals surface area (Å²) in [6.07, 6.45) is 1.49. The van der Waals surface area contributed by atoms with Crippen molar-refractivity contribution in [3.63, 3.8) is 0 Å². The largest absolute Gasteiger partial charge is 0.466 e. The van der Waals surface area contributed by atoms with Crippen LogP contribution in [-0.2, 0) is 9.53 Å². The number of esters is 1. The second kappa shape index (κ2) is 7.02. The maximum absolute atomic E-state index is 13.1. The van der Waals surface area contributed by atoms with Gasteiger partial charge in [-0.15, -0.1) is 0 Å². The first kappa shape index (κ1) is 15.9. The van der Waals surface area contributed by atoms with Gasteiger partial charge in [0.2, 0.25) is 0 Å². The van der Waals surface area contributed by atoms with E-state index in [0.29, 0.717) is 29.7 Å². The van der Waals surface area contributed by atoms with Crippen LogP contribution in [0.25, 0.3) is 0 Å². The van der Waals surface area contributed by atoms with Crippen LogP contribution in [-0.4, -0.2) is 36.5 Å². The van der Waals surface area contributed by atoms with Crippen molar-refractivity contribution < 1.29 is 18.7 Å². The van der Waals surface area contributed by atoms with Crippen LogP contribution in [0, 0.1) is 11.7 Å². The number of hydrogen-bond donors (Lipinski definition) is 0. The summed E-state index contributed by atoms with van der Waals surface area (Å²) in [5, 5.41) is 0. The smallest absolute Gasteiger partial charge is 0.310 e. The summed E-state index contributed by atoms with van der Waals surface area (Å²) in [5.41, 5.74) is 0.404. The van der Waals surface area contributed by atoms with Gasteiger partial charge in [-0.1, -0.05) is 0 Å². The number of rotatable bonds is 3. The lowest BCUT2D eigenvalue weighted by atomic mass is 9.97. The van der Waals surface area contributed by atoms with Crippen LogP contribution < -0.4 is 0 Å². The molecule has 6 heteroatoms. The minimum absolute atomic E-state index is 0.198. The first-order valence-corrected chi connectivity index (χ1v) is 7.73. The molecule has 1 aliphatic rings. The number of carbonyl (C=O) groups excluding carboxylic acids is 2. The van der Waals surface area contributed by atoms with E-state index in [-0.39, 0.29) is 17.8 Å². The van der Waals surface area contributed by atoms with Gasteiger partial charge in [0.15, 0.2) is 0 Å². The van der Waals surface area contributed by atoms with Crippen LogP contribution in [0.5, 0.6) is 0 Å².